The normalized spacial score (nSPS) is 16.1. The lowest BCUT2D eigenvalue weighted by molar-refractivity contribution is -0.132. The molecule has 1 amide bonds. The van der Waals surface area contributed by atoms with Crippen molar-refractivity contribution in [1.82, 2.24) is 4.90 Å². The summed E-state index contributed by atoms with van der Waals surface area (Å²) in [5, 5.41) is 0. The number of Topliss-reactive ketones (excluding diaryl/α,β-unsaturated/α-hetero) is 1. The maximum absolute atomic E-state index is 13.0. The molecule has 0 saturated carbocycles. The number of ether oxygens (including phenoxy) is 3. The minimum atomic E-state index is -0.0645. The number of carbonyl (C=O) groups excluding carboxylic acids is 2. The van der Waals surface area contributed by atoms with Crippen LogP contribution in [0.5, 0.6) is 17.2 Å². The van der Waals surface area contributed by atoms with E-state index in [1.54, 1.807) is 12.1 Å². The molecule has 1 saturated heterocycles. The molecule has 2 aromatic rings. The summed E-state index contributed by atoms with van der Waals surface area (Å²) in [6.07, 6.45) is 2.49. The summed E-state index contributed by atoms with van der Waals surface area (Å²) >= 11 is 0. The van der Waals surface area contributed by atoms with Crippen molar-refractivity contribution in [1.29, 1.82) is 0 Å². The van der Waals surface area contributed by atoms with Crippen LogP contribution in [0.2, 0.25) is 0 Å². The number of carbonyl (C=O) groups is 2. The maximum atomic E-state index is 13.0. The number of likely N-dealkylation sites (tertiary alicyclic amines) is 1. The summed E-state index contributed by atoms with van der Waals surface area (Å²) in [5.74, 6) is 2.37. The van der Waals surface area contributed by atoms with E-state index in [4.69, 9.17) is 14.2 Å². The molecule has 0 spiro atoms. The number of para-hydroxylation sites is 1. The number of aryl methyl sites for hydroxylation is 1. The van der Waals surface area contributed by atoms with E-state index >= 15 is 0 Å². The molecule has 4 rings (SSSR count). The fraction of sp³-hybridized carbons (Fsp3) is 0.440. The number of fused-ring (bicyclic) bond motifs is 1. The van der Waals surface area contributed by atoms with Gasteiger partial charge in [-0.1, -0.05) is 18.2 Å². The van der Waals surface area contributed by atoms with E-state index in [0.29, 0.717) is 75.7 Å². The number of nitrogens with zero attached hydrogens (tertiary/aromatic N) is 1. The van der Waals surface area contributed by atoms with E-state index in [-0.39, 0.29) is 17.6 Å². The zero-order chi connectivity index (χ0) is 21.6. The van der Waals surface area contributed by atoms with Gasteiger partial charge in [0.15, 0.2) is 17.3 Å². The molecule has 2 aliphatic heterocycles. The topological polar surface area (TPSA) is 65.1 Å². The molecule has 164 valence electrons. The van der Waals surface area contributed by atoms with E-state index in [0.717, 1.165) is 11.3 Å². The van der Waals surface area contributed by atoms with Gasteiger partial charge in [-0.25, -0.2) is 0 Å². The third kappa shape index (κ3) is 5.01. The van der Waals surface area contributed by atoms with Crippen LogP contribution < -0.4 is 14.2 Å². The van der Waals surface area contributed by atoms with Crippen molar-refractivity contribution in [3.63, 3.8) is 0 Å². The number of hydrogen-bond acceptors (Lipinski definition) is 5. The third-order valence-electron chi connectivity index (χ3n) is 5.93. The Balaban J connectivity index is 1.29. The Morgan fingerprint density at radius 3 is 2.55 bits per heavy atom. The van der Waals surface area contributed by atoms with Crippen molar-refractivity contribution in [2.75, 3.05) is 32.9 Å². The largest absolute Gasteiger partial charge is 0.494 e. The maximum Gasteiger partial charge on any atom is 0.222 e. The molecule has 6 heteroatoms. The summed E-state index contributed by atoms with van der Waals surface area (Å²) < 4.78 is 16.8. The van der Waals surface area contributed by atoms with Crippen molar-refractivity contribution < 1.29 is 23.8 Å². The van der Waals surface area contributed by atoms with Crippen molar-refractivity contribution in [2.45, 2.75) is 32.6 Å². The van der Waals surface area contributed by atoms with Crippen molar-refractivity contribution >= 4 is 11.7 Å². The van der Waals surface area contributed by atoms with Crippen molar-refractivity contribution in [3.8, 4) is 17.2 Å². The summed E-state index contributed by atoms with van der Waals surface area (Å²) in [4.78, 5) is 27.6. The highest BCUT2D eigenvalue weighted by atomic mass is 16.6. The van der Waals surface area contributed by atoms with Crippen molar-refractivity contribution in [3.05, 3.63) is 53.6 Å². The average molecular weight is 424 g/mol. The molecule has 0 radical (unpaired) electrons. The molecule has 0 bridgehead atoms. The molecule has 0 unspecified atom stereocenters. The highest BCUT2D eigenvalue weighted by molar-refractivity contribution is 5.98. The first-order chi connectivity index (χ1) is 15.2. The average Bonchev–Trinajstić information content (AvgIpc) is 2.83. The van der Waals surface area contributed by atoms with Crippen LogP contribution in [0.1, 0.15) is 42.1 Å². The Morgan fingerprint density at radius 1 is 1.03 bits per heavy atom. The quantitative estimate of drug-likeness (QED) is 0.632. The molecule has 0 N–H and O–H groups in total. The Labute approximate surface area is 183 Å². The zero-order valence-corrected chi connectivity index (χ0v) is 18.0. The second-order valence-electron chi connectivity index (χ2n) is 7.92. The van der Waals surface area contributed by atoms with E-state index in [1.807, 2.05) is 42.2 Å². The van der Waals surface area contributed by atoms with Gasteiger partial charge in [0, 0.05) is 31.0 Å². The number of amides is 1. The third-order valence-corrected chi connectivity index (χ3v) is 5.93. The molecular weight excluding hydrogens is 394 g/mol. The Kier molecular flexibility index (Phi) is 6.75. The molecule has 0 aromatic heterocycles. The minimum absolute atomic E-state index is 0.0645. The number of piperidine rings is 1. The second-order valence-corrected chi connectivity index (χ2v) is 7.92. The summed E-state index contributed by atoms with van der Waals surface area (Å²) in [6.45, 7) is 4.83. The number of ketones is 1. The molecule has 0 aliphatic carbocycles. The molecule has 2 aliphatic rings. The lowest BCUT2D eigenvalue weighted by Crippen LogP contribution is -2.40. The lowest BCUT2D eigenvalue weighted by atomic mass is 9.88. The number of benzene rings is 2. The van der Waals surface area contributed by atoms with Gasteiger partial charge < -0.3 is 19.1 Å². The fourth-order valence-corrected chi connectivity index (χ4v) is 4.23. The van der Waals surface area contributed by atoms with Gasteiger partial charge in [0.05, 0.1) is 6.61 Å². The summed E-state index contributed by atoms with van der Waals surface area (Å²) in [5.41, 5.74) is 1.71. The van der Waals surface area contributed by atoms with Crippen LogP contribution in [0.3, 0.4) is 0 Å². The van der Waals surface area contributed by atoms with E-state index in [2.05, 4.69) is 0 Å². The van der Waals surface area contributed by atoms with Crippen LogP contribution >= 0.6 is 0 Å². The van der Waals surface area contributed by atoms with Gasteiger partial charge in [-0.2, -0.15) is 0 Å². The predicted octanol–water partition coefficient (Wildman–Crippen LogP) is 3.91. The van der Waals surface area contributed by atoms with E-state index in [1.165, 1.54) is 0 Å². The Bertz CT molecular complexity index is 933. The van der Waals surface area contributed by atoms with Crippen LogP contribution in [-0.2, 0) is 11.2 Å². The van der Waals surface area contributed by atoms with Gasteiger partial charge in [-0.15, -0.1) is 0 Å². The summed E-state index contributed by atoms with van der Waals surface area (Å²) in [6, 6.07) is 13.3. The molecule has 2 heterocycles. The molecule has 2 aromatic carbocycles. The van der Waals surface area contributed by atoms with Gasteiger partial charge >= 0.3 is 0 Å². The fourth-order valence-electron chi connectivity index (χ4n) is 4.23. The first kappa shape index (κ1) is 21.2. The standard InChI is InChI=1S/C25H29NO5/c1-2-29-21-6-4-3-5-18(21)8-10-24(27)26-13-11-19(12-14-26)25(28)20-7-9-22-23(17-20)31-16-15-30-22/h3-7,9,17,19H,2,8,10-16H2,1H3. The van der Waals surface area contributed by atoms with Crippen LogP contribution in [0.15, 0.2) is 42.5 Å². The van der Waals surface area contributed by atoms with Gasteiger partial charge in [-0.3, -0.25) is 9.59 Å². The van der Waals surface area contributed by atoms with Crippen LogP contribution in [0, 0.1) is 5.92 Å². The Hall–Kier alpha value is -3.02. The van der Waals surface area contributed by atoms with Crippen LogP contribution in [0.25, 0.3) is 0 Å². The van der Waals surface area contributed by atoms with E-state index < -0.39 is 0 Å². The van der Waals surface area contributed by atoms with Gasteiger partial charge in [0.1, 0.15) is 19.0 Å². The van der Waals surface area contributed by atoms with Crippen molar-refractivity contribution in [2.24, 2.45) is 5.92 Å². The van der Waals surface area contributed by atoms with Gasteiger partial charge in [0.2, 0.25) is 5.91 Å². The zero-order valence-electron chi connectivity index (χ0n) is 18.0. The monoisotopic (exact) mass is 423 g/mol. The van der Waals surface area contributed by atoms with Gasteiger partial charge in [0.25, 0.3) is 0 Å². The lowest BCUT2D eigenvalue weighted by Gasteiger charge is -2.31. The first-order valence-electron chi connectivity index (χ1n) is 11.1. The van der Waals surface area contributed by atoms with Gasteiger partial charge in [-0.05, 0) is 56.0 Å². The molecule has 1 fully saturated rings. The molecule has 0 atom stereocenters. The SMILES string of the molecule is CCOc1ccccc1CCC(=O)N1CCC(C(=O)c2ccc3c(c2)OCCO3)CC1. The summed E-state index contributed by atoms with van der Waals surface area (Å²) in [7, 11) is 0. The highest BCUT2D eigenvalue weighted by Crippen LogP contribution is 2.32. The number of hydrogen-bond donors (Lipinski definition) is 0. The minimum Gasteiger partial charge on any atom is -0.494 e. The van der Waals surface area contributed by atoms with E-state index in [9.17, 15) is 9.59 Å². The van der Waals surface area contributed by atoms with Crippen LogP contribution in [0.4, 0.5) is 0 Å². The number of rotatable bonds is 7. The predicted molar refractivity (Wildman–Crippen MR) is 117 cm³/mol. The molecular formula is C25H29NO5. The Morgan fingerprint density at radius 2 is 1.77 bits per heavy atom. The smallest absolute Gasteiger partial charge is 0.222 e. The second kappa shape index (κ2) is 9.86. The first-order valence-corrected chi connectivity index (χ1v) is 11.1. The molecule has 6 nitrogen and oxygen atoms in total. The highest BCUT2D eigenvalue weighted by Gasteiger charge is 2.28. The van der Waals surface area contributed by atoms with Crippen LogP contribution in [-0.4, -0.2) is 49.5 Å². The molecule has 31 heavy (non-hydrogen) atoms.